The van der Waals surface area contributed by atoms with Crippen molar-refractivity contribution in [2.24, 2.45) is 7.05 Å². The van der Waals surface area contributed by atoms with Crippen molar-refractivity contribution >= 4 is 27.5 Å². The molecule has 3 rings (SSSR count). The molecule has 0 aliphatic rings. The van der Waals surface area contributed by atoms with Crippen LogP contribution in [0.15, 0.2) is 30.3 Å². The van der Waals surface area contributed by atoms with Crippen molar-refractivity contribution in [2.75, 3.05) is 0 Å². The average molecular weight is 327 g/mol. The van der Waals surface area contributed by atoms with Crippen molar-refractivity contribution in [1.29, 1.82) is 0 Å². The third-order valence-corrected chi connectivity index (χ3v) is 5.31. The summed E-state index contributed by atoms with van der Waals surface area (Å²) in [6, 6.07) is 10.3. The van der Waals surface area contributed by atoms with E-state index >= 15 is 0 Å². The van der Waals surface area contributed by atoms with E-state index in [-0.39, 0.29) is 11.9 Å². The third kappa shape index (κ3) is 3.01. The normalized spacial score (nSPS) is 12.5. The first-order valence-corrected chi connectivity index (χ1v) is 8.61. The van der Waals surface area contributed by atoms with E-state index in [0.717, 1.165) is 32.8 Å². The van der Waals surface area contributed by atoms with Crippen LogP contribution in [0.5, 0.6) is 0 Å². The van der Waals surface area contributed by atoms with Gasteiger partial charge in [0.15, 0.2) is 0 Å². The van der Waals surface area contributed by atoms with Gasteiger partial charge in [0.05, 0.1) is 16.6 Å². The lowest BCUT2D eigenvalue weighted by Crippen LogP contribution is -2.27. The molecule has 0 fully saturated rings. The molecule has 0 aliphatic heterocycles. The molecule has 1 N–H and O–H groups in total. The van der Waals surface area contributed by atoms with Gasteiger partial charge in [0.2, 0.25) is 0 Å². The molecule has 5 heteroatoms. The summed E-state index contributed by atoms with van der Waals surface area (Å²) in [5.41, 5.74) is 3.33. The molecule has 120 valence electrons. The van der Waals surface area contributed by atoms with E-state index in [1.54, 1.807) is 0 Å². The molecule has 0 saturated heterocycles. The van der Waals surface area contributed by atoms with Gasteiger partial charge in [0.25, 0.3) is 5.91 Å². The van der Waals surface area contributed by atoms with E-state index in [0.29, 0.717) is 0 Å². The fraction of sp³-hybridized carbons (Fsp3) is 0.333. The summed E-state index contributed by atoms with van der Waals surface area (Å²) in [5, 5.41) is 8.59. The smallest absolute Gasteiger partial charge is 0.261 e. The number of fused-ring (bicyclic) bond motifs is 1. The number of hydrogen-bond acceptors (Lipinski definition) is 3. The fourth-order valence-corrected chi connectivity index (χ4v) is 3.79. The molecule has 0 radical (unpaired) electrons. The molecule has 0 aliphatic carbocycles. The zero-order chi connectivity index (χ0) is 16.6. The molecular formula is C18H21N3OS. The maximum atomic E-state index is 12.6. The van der Waals surface area contributed by atoms with Gasteiger partial charge in [0.1, 0.15) is 4.83 Å². The number of aryl methyl sites for hydroxylation is 3. The van der Waals surface area contributed by atoms with Crippen LogP contribution in [0.3, 0.4) is 0 Å². The van der Waals surface area contributed by atoms with Crippen LogP contribution in [0.2, 0.25) is 0 Å². The van der Waals surface area contributed by atoms with Gasteiger partial charge in [-0.3, -0.25) is 9.48 Å². The third-order valence-electron chi connectivity index (χ3n) is 4.11. The van der Waals surface area contributed by atoms with Crippen molar-refractivity contribution in [1.82, 2.24) is 15.1 Å². The van der Waals surface area contributed by atoms with Crippen LogP contribution in [0.1, 0.15) is 45.9 Å². The summed E-state index contributed by atoms with van der Waals surface area (Å²) in [7, 11) is 1.91. The highest BCUT2D eigenvalue weighted by Gasteiger charge is 2.18. The molecule has 23 heavy (non-hydrogen) atoms. The van der Waals surface area contributed by atoms with Gasteiger partial charge in [-0.25, -0.2) is 0 Å². The van der Waals surface area contributed by atoms with Gasteiger partial charge in [0, 0.05) is 12.4 Å². The predicted octanol–water partition coefficient (Wildman–Crippen LogP) is 4.13. The Balaban J connectivity index is 1.83. The van der Waals surface area contributed by atoms with Crippen molar-refractivity contribution in [2.45, 2.75) is 33.2 Å². The lowest BCUT2D eigenvalue weighted by molar-refractivity contribution is 0.0940. The minimum atomic E-state index is -0.0157. The Kier molecular flexibility index (Phi) is 4.22. The Morgan fingerprint density at radius 1 is 1.30 bits per heavy atom. The largest absolute Gasteiger partial charge is 0.345 e. The summed E-state index contributed by atoms with van der Waals surface area (Å²) in [5.74, 6) is -0.0157. The Hall–Kier alpha value is -2.14. The lowest BCUT2D eigenvalue weighted by atomic mass is 10.0. The van der Waals surface area contributed by atoms with Gasteiger partial charge >= 0.3 is 0 Å². The fourth-order valence-electron chi connectivity index (χ4n) is 2.77. The maximum absolute atomic E-state index is 12.6. The van der Waals surface area contributed by atoms with Gasteiger partial charge < -0.3 is 5.32 Å². The highest BCUT2D eigenvalue weighted by Crippen LogP contribution is 2.28. The summed E-state index contributed by atoms with van der Waals surface area (Å²) in [4.78, 5) is 14.4. The van der Waals surface area contributed by atoms with Crippen LogP contribution in [0, 0.1) is 13.8 Å². The summed E-state index contributed by atoms with van der Waals surface area (Å²) in [6.07, 6.45) is 0.861. The number of carbonyl (C=O) groups excluding carboxylic acids is 1. The molecule has 0 bridgehead atoms. The Bertz CT molecular complexity index is 811. The van der Waals surface area contributed by atoms with Crippen LogP contribution in [-0.4, -0.2) is 15.7 Å². The van der Waals surface area contributed by atoms with E-state index in [2.05, 4.69) is 48.5 Å². The first-order chi connectivity index (χ1) is 11.0. The number of rotatable bonds is 4. The molecule has 0 spiro atoms. The zero-order valence-corrected chi connectivity index (χ0v) is 14.7. The monoisotopic (exact) mass is 327 g/mol. The summed E-state index contributed by atoms with van der Waals surface area (Å²) in [6.45, 7) is 6.12. The number of nitrogens with one attached hydrogen (secondary N) is 1. The predicted molar refractivity (Wildman–Crippen MR) is 95.0 cm³/mol. The molecule has 2 aromatic heterocycles. The first-order valence-electron chi connectivity index (χ1n) is 7.80. The highest BCUT2D eigenvalue weighted by molar-refractivity contribution is 7.20. The topological polar surface area (TPSA) is 46.9 Å². The number of thiophene rings is 1. The first kappa shape index (κ1) is 15.7. The molecule has 1 aromatic carbocycles. The van der Waals surface area contributed by atoms with Gasteiger partial charge in [-0.05, 0) is 31.9 Å². The molecule has 1 unspecified atom stereocenters. The minimum Gasteiger partial charge on any atom is -0.345 e. The Labute approximate surface area is 140 Å². The molecule has 1 atom stereocenters. The molecule has 0 saturated carbocycles. The van der Waals surface area contributed by atoms with Gasteiger partial charge in [-0.15, -0.1) is 11.3 Å². The number of nitrogens with zero attached hydrogens (tertiary/aromatic N) is 2. The van der Waals surface area contributed by atoms with Gasteiger partial charge in [-0.1, -0.05) is 36.8 Å². The van der Waals surface area contributed by atoms with Crippen LogP contribution < -0.4 is 5.32 Å². The molecular weight excluding hydrogens is 306 g/mol. The molecule has 4 nitrogen and oxygen atoms in total. The van der Waals surface area contributed by atoms with Crippen LogP contribution in [0.4, 0.5) is 0 Å². The second-order valence-electron chi connectivity index (χ2n) is 5.88. The highest BCUT2D eigenvalue weighted by atomic mass is 32.1. The minimum absolute atomic E-state index is 0.0157. The molecule has 2 heterocycles. The SMILES string of the molecule is CCC(NC(=O)c1cc2c(C)nn(C)c2s1)c1ccc(C)cc1. The van der Waals surface area contributed by atoms with E-state index in [4.69, 9.17) is 0 Å². The Morgan fingerprint density at radius 3 is 2.61 bits per heavy atom. The van der Waals surface area contributed by atoms with Crippen LogP contribution in [0.25, 0.3) is 10.2 Å². The second kappa shape index (κ2) is 6.16. The van der Waals surface area contributed by atoms with E-state index < -0.39 is 0 Å². The standard InChI is InChI=1S/C18H21N3OS/c1-5-15(13-8-6-11(2)7-9-13)19-17(22)16-10-14-12(3)20-21(4)18(14)23-16/h6-10,15H,5H2,1-4H3,(H,19,22). The van der Waals surface area contributed by atoms with Crippen molar-refractivity contribution < 1.29 is 4.79 Å². The number of aromatic nitrogens is 2. The molecule has 1 amide bonds. The van der Waals surface area contributed by atoms with E-state index in [1.165, 1.54) is 16.9 Å². The summed E-state index contributed by atoms with van der Waals surface area (Å²) >= 11 is 1.49. The number of hydrogen-bond donors (Lipinski definition) is 1. The van der Waals surface area contributed by atoms with Gasteiger partial charge in [-0.2, -0.15) is 5.10 Å². The zero-order valence-electron chi connectivity index (χ0n) is 13.9. The van der Waals surface area contributed by atoms with Crippen LogP contribution >= 0.6 is 11.3 Å². The summed E-state index contributed by atoms with van der Waals surface area (Å²) < 4.78 is 1.84. The quantitative estimate of drug-likeness (QED) is 0.783. The number of carbonyl (C=O) groups is 1. The lowest BCUT2D eigenvalue weighted by Gasteiger charge is -2.17. The average Bonchev–Trinajstić information content (AvgIpc) is 3.08. The number of benzene rings is 1. The van der Waals surface area contributed by atoms with Crippen molar-refractivity contribution in [3.05, 3.63) is 52.0 Å². The second-order valence-corrected chi connectivity index (χ2v) is 6.91. The van der Waals surface area contributed by atoms with Crippen molar-refractivity contribution in [3.8, 4) is 0 Å². The van der Waals surface area contributed by atoms with E-state index in [1.807, 2.05) is 24.7 Å². The van der Waals surface area contributed by atoms with Crippen molar-refractivity contribution in [3.63, 3.8) is 0 Å². The molecule has 3 aromatic rings. The van der Waals surface area contributed by atoms with E-state index in [9.17, 15) is 4.79 Å². The van der Waals surface area contributed by atoms with Crippen LogP contribution in [-0.2, 0) is 7.05 Å². The maximum Gasteiger partial charge on any atom is 0.261 e. The number of amides is 1. The Morgan fingerprint density at radius 2 is 2.00 bits per heavy atom.